The minimum Gasteiger partial charge on any atom is -0.324 e. The van der Waals surface area contributed by atoms with E-state index in [-0.39, 0.29) is 29.5 Å². The quantitative estimate of drug-likeness (QED) is 0.586. The van der Waals surface area contributed by atoms with Gasteiger partial charge in [0.05, 0.1) is 10.5 Å². The number of piperazine rings is 1. The Morgan fingerprint density at radius 1 is 0.912 bits per heavy atom. The van der Waals surface area contributed by atoms with Gasteiger partial charge in [-0.15, -0.1) is 0 Å². The monoisotopic (exact) mass is 478 g/mol. The van der Waals surface area contributed by atoms with E-state index in [0.717, 1.165) is 5.56 Å². The molecule has 0 aliphatic carbocycles. The minimum atomic E-state index is -3.84. The zero-order valence-corrected chi connectivity index (χ0v) is 19.1. The van der Waals surface area contributed by atoms with Gasteiger partial charge in [0.2, 0.25) is 15.9 Å². The van der Waals surface area contributed by atoms with E-state index in [1.54, 1.807) is 12.1 Å². The van der Waals surface area contributed by atoms with Crippen LogP contribution in [0, 0.1) is 17.1 Å². The first-order valence-electron chi connectivity index (χ1n) is 10.7. The molecule has 174 valence electrons. The Morgan fingerprint density at radius 2 is 1.53 bits per heavy atom. The van der Waals surface area contributed by atoms with Crippen LogP contribution in [0.2, 0.25) is 0 Å². The molecule has 1 saturated heterocycles. The fourth-order valence-corrected chi connectivity index (χ4v) is 5.60. The van der Waals surface area contributed by atoms with E-state index in [4.69, 9.17) is 0 Å². The van der Waals surface area contributed by atoms with Crippen LogP contribution in [-0.4, -0.2) is 49.7 Å². The number of hydrogen-bond donors (Lipinski definition) is 1. The molecule has 7 nitrogen and oxygen atoms in total. The van der Waals surface area contributed by atoms with Crippen LogP contribution in [0.5, 0.6) is 0 Å². The first kappa shape index (κ1) is 23.6. The highest BCUT2D eigenvalue weighted by Crippen LogP contribution is 2.27. The van der Waals surface area contributed by atoms with Crippen molar-refractivity contribution in [2.75, 3.05) is 31.5 Å². The van der Waals surface area contributed by atoms with Crippen LogP contribution in [0.15, 0.2) is 83.8 Å². The maximum Gasteiger partial charge on any atom is 0.246 e. The predicted molar refractivity (Wildman–Crippen MR) is 126 cm³/mol. The molecule has 1 fully saturated rings. The molecular weight excluding hydrogens is 455 g/mol. The second-order valence-electron chi connectivity index (χ2n) is 7.86. The molecule has 34 heavy (non-hydrogen) atoms. The molecule has 4 rings (SSSR count). The van der Waals surface area contributed by atoms with Crippen LogP contribution >= 0.6 is 0 Å². The summed E-state index contributed by atoms with van der Waals surface area (Å²) >= 11 is 0. The maximum absolute atomic E-state index is 13.3. The number of rotatable bonds is 6. The number of halogens is 1. The number of anilines is 1. The van der Waals surface area contributed by atoms with Crippen molar-refractivity contribution >= 4 is 21.6 Å². The summed E-state index contributed by atoms with van der Waals surface area (Å²) < 4.78 is 40.9. The predicted octanol–water partition coefficient (Wildman–Crippen LogP) is 3.38. The van der Waals surface area contributed by atoms with Crippen molar-refractivity contribution in [1.82, 2.24) is 9.21 Å². The van der Waals surface area contributed by atoms with E-state index in [0.29, 0.717) is 18.8 Å². The van der Waals surface area contributed by atoms with Gasteiger partial charge in [-0.3, -0.25) is 9.69 Å². The Bertz CT molecular complexity index is 1300. The number of hydrogen-bond acceptors (Lipinski definition) is 5. The van der Waals surface area contributed by atoms with Crippen LogP contribution in [-0.2, 0) is 14.8 Å². The lowest BCUT2D eigenvalue weighted by molar-refractivity contribution is -0.122. The van der Waals surface area contributed by atoms with Crippen molar-refractivity contribution in [2.24, 2.45) is 0 Å². The van der Waals surface area contributed by atoms with Crippen LogP contribution in [0.3, 0.4) is 0 Å². The highest BCUT2D eigenvalue weighted by atomic mass is 32.2. The number of sulfonamides is 1. The third-order valence-electron chi connectivity index (χ3n) is 5.74. The molecule has 0 aromatic heterocycles. The summed E-state index contributed by atoms with van der Waals surface area (Å²) in [4.78, 5) is 15.2. The Kier molecular flexibility index (Phi) is 7.03. The van der Waals surface area contributed by atoms with Gasteiger partial charge in [-0.05, 0) is 42.0 Å². The van der Waals surface area contributed by atoms with Gasteiger partial charge in [-0.2, -0.15) is 9.57 Å². The number of amides is 1. The first-order valence-corrected chi connectivity index (χ1v) is 12.2. The van der Waals surface area contributed by atoms with E-state index in [2.05, 4.69) is 5.32 Å². The molecule has 0 bridgehead atoms. The van der Waals surface area contributed by atoms with Crippen molar-refractivity contribution in [3.63, 3.8) is 0 Å². The average Bonchev–Trinajstić information content (AvgIpc) is 2.86. The number of carbonyl (C=O) groups is 1. The van der Waals surface area contributed by atoms with Crippen LogP contribution in [0.4, 0.5) is 10.1 Å². The largest absolute Gasteiger partial charge is 0.324 e. The number of nitrogens with zero attached hydrogens (tertiary/aromatic N) is 3. The molecule has 1 heterocycles. The third kappa shape index (κ3) is 4.99. The van der Waals surface area contributed by atoms with Gasteiger partial charge in [-0.25, -0.2) is 12.8 Å². The summed E-state index contributed by atoms with van der Waals surface area (Å²) in [5.41, 5.74) is 1.35. The zero-order valence-electron chi connectivity index (χ0n) is 18.3. The number of carbonyl (C=O) groups excluding carboxylic acids is 1. The van der Waals surface area contributed by atoms with Crippen molar-refractivity contribution in [2.45, 2.75) is 10.9 Å². The summed E-state index contributed by atoms with van der Waals surface area (Å²) in [5.74, 6) is -0.683. The summed E-state index contributed by atoms with van der Waals surface area (Å²) in [7, 11) is -3.84. The number of nitrogens with one attached hydrogen (secondary N) is 1. The molecule has 1 N–H and O–H groups in total. The van der Waals surface area contributed by atoms with Crippen LogP contribution in [0.25, 0.3) is 0 Å². The SMILES string of the molecule is N#Cc1ccccc1S(=O)(=O)N1CCN(C(C(=O)Nc2ccc(F)cc2)c2ccccc2)CC1. The lowest BCUT2D eigenvalue weighted by Gasteiger charge is -2.38. The molecule has 3 aromatic rings. The smallest absolute Gasteiger partial charge is 0.246 e. The summed E-state index contributed by atoms with van der Waals surface area (Å²) in [6.07, 6.45) is 0. The van der Waals surface area contributed by atoms with Gasteiger partial charge in [0.25, 0.3) is 0 Å². The van der Waals surface area contributed by atoms with Crippen molar-refractivity contribution < 1.29 is 17.6 Å². The molecule has 1 unspecified atom stereocenters. The number of nitriles is 1. The molecule has 1 amide bonds. The Hall–Kier alpha value is -3.58. The zero-order chi connectivity index (χ0) is 24.1. The Morgan fingerprint density at radius 3 is 2.18 bits per heavy atom. The topological polar surface area (TPSA) is 93.5 Å². The van der Waals surface area contributed by atoms with E-state index >= 15 is 0 Å². The third-order valence-corrected chi connectivity index (χ3v) is 7.70. The molecule has 1 aliphatic rings. The lowest BCUT2D eigenvalue weighted by Crippen LogP contribution is -2.51. The second kappa shape index (κ2) is 10.1. The van der Waals surface area contributed by atoms with Gasteiger partial charge in [0, 0.05) is 31.9 Å². The molecule has 9 heteroatoms. The lowest BCUT2D eigenvalue weighted by atomic mass is 10.0. The van der Waals surface area contributed by atoms with Crippen molar-refractivity contribution in [1.29, 1.82) is 5.26 Å². The highest BCUT2D eigenvalue weighted by Gasteiger charge is 2.35. The van der Waals surface area contributed by atoms with E-state index in [1.165, 1.54) is 40.7 Å². The molecule has 0 spiro atoms. The van der Waals surface area contributed by atoms with Gasteiger partial charge in [0.15, 0.2) is 0 Å². The Labute approximate surface area is 198 Å². The van der Waals surface area contributed by atoms with Gasteiger partial charge < -0.3 is 5.32 Å². The average molecular weight is 479 g/mol. The first-order chi connectivity index (χ1) is 16.4. The fourth-order valence-electron chi connectivity index (χ4n) is 4.03. The Balaban J connectivity index is 1.54. The maximum atomic E-state index is 13.3. The summed E-state index contributed by atoms with van der Waals surface area (Å²) in [6.45, 7) is 0.999. The van der Waals surface area contributed by atoms with Gasteiger partial charge in [-0.1, -0.05) is 42.5 Å². The molecule has 1 aliphatic heterocycles. The summed E-state index contributed by atoms with van der Waals surface area (Å²) in [5, 5.41) is 12.1. The van der Waals surface area contributed by atoms with Gasteiger partial charge >= 0.3 is 0 Å². The molecule has 3 aromatic carbocycles. The van der Waals surface area contributed by atoms with Crippen LogP contribution < -0.4 is 5.32 Å². The highest BCUT2D eigenvalue weighted by molar-refractivity contribution is 7.89. The number of benzene rings is 3. The molecule has 0 radical (unpaired) electrons. The molecular formula is C25H23FN4O3S. The van der Waals surface area contributed by atoms with Gasteiger partial charge in [0.1, 0.15) is 17.9 Å². The molecule has 0 saturated carbocycles. The minimum absolute atomic E-state index is 0.0142. The standard InChI is InChI=1S/C25H23FN4O3S/c26-21-10-12-22(13-11-21)28-25(31)24(19-6-2-1-3-7-19)29-14-16-30(17-15-29)34(32,33)23-9-5-4-8-20(23)18-27/h1-13,24H,14-17H2,(H,28,31). The van der Waals surface area contributed by atoms with E-state index in [9.17, 15) is 22.9 Å². The van der Waals surface area contributed by atoms with E-state index in [1.807, 2.05) is 41.3 Å². The van der Waals surface area contributed by atoms with E-state index < -0.39 is 21.9 Å². The second-order valence-corrected chi connectivity index (χ2v) is 9.76. The molecule has 1 atom stereocenters. The van der Waals surface area contributed by atoms with Crippen molar-refractivity contribution in [3.8, 4) is 6.07 Å². The van der Waals surface area contributed by atoms with Crippen molar-refractivity contribution in [3.05, 3.63) is 95.8 Å². The summed E-state index contributed by atoms with van der Waals surface area (Å²) in [6, 6.07) is 22.2. The fraction of sp³-hybridized carbons (Fsp3) is 0.200. The van der Waals surface area contributed by atoms with Crippen LogP contribution in [0.1, 0.15) is 17.2 Å². The normalized spacial score (nSPS) is 15.9.